The van der Waals surface area contributed by atoms with Crippen LogP contribution in [0.25, 0.3) is 0 Å². The van der Waals surface area contributed by atoms with Crippen LogP contribution < -0.4 is 5.32 Å². The standard InChI is InChI=1S/C7H10F3NO2/c1-5(12)2-3-6(13)11-4-7(8,9)10/h2-4H2,1H3,(H,11,13). The Morgan fingerprint density at radius 2 is 1.77 bits per heavy atom. The number of amides is 1. The van der Waals surface area contributed by atoms with Gasteiger partial charge in [0.1, 0.15) is 12.3 Å². The largest absolute Gasteiger partial charge is 0.405 e. The van der Waals surface area contributed by atoms with Crippen LogP contribution in [0.1, 0.15) is 19.8 Å². The van der Waals surface area contributed by atoms with Crippen LogP contribution in [-0.4, -0.2) is 24.4 Å². The Balaban J connectivity index is 3.58. The highest BCUT2D eigenvalue weighted by molar-refractivity contribution is 5.83. The monoisotopic (exact) mass is 197 g/mol. The number of rotatable bonds is 4. The number of carbonyl (C=O) groups excluding carboxylic acids is 2. The molecule has 0 aromatic heterocycles. The summed E-state index contributed by atoms with van der Waals surface area (Å²) in [6, 6.07) is 0. The van der Waals surface area contributed by atoms with Gasteiger partial charge in [-0.15, -0.1) is 0 Å². The van der Waals surface area contributed by atoms with Crippen molar-refractivity contribution in [3.05, 3.63) is 0 Å². The van der Waals surface area contributed by atoms with Crippen molar-refractivity contribution in [1.82, 2.24) is 5.32 Å². The Hall–Kier alpha value is -1.07. The average Bonchev–Trinajstić information content (AvgIpc) is 1.95. The molecular weight excluding hydrogens is 187 g/mol. The zero-order valence-electron chi connectivity index (χ0n) is 7.07. The van der Waals surface area contributed by atoms with Gasteiger partial charge in [0.05, 0.1) is 0 Å². The van der Waals surface area contributed by atoms with Crippen molar-refractivity contribution in [2.45, 2.75) is 25.9 Å². The fourth-order valence-electron chi connectivity index (χ4n) is 0.577. The summed E-state index contributed by atoms with van der Waals surface area (Å²) in [4.78, 5) is 21.0. The highest BCUT2D eigenvalue weighted by Crippen LogP contribution is 2.12. The molecule has 3 nitrogen and oxygen atoms in total. The molecular formula is C7H10F3NO2. The zero-order valence-corrected chi connectivity index (χ0v) is 7.07. The highest BCUT2D eigenvalue weighted by atomic mass is 19.4. The predicted octanol–water partition coefficient (Wildman–Crippen LogP) is 1.03. The molecule has 0 unspecified atom stereocenters. The normalized spacial score (nSPS) is 11.1. The van der Waals surface area contributed by atoms with Crippen molar-refractivity contribution < 1.29 is 22.8 Å². The van der Waals surface area contributed by atoms with E-state index in [0.29, 0.717) is 0 Å². The van der Waals surface area contributed by atoms with Gasteiger partial charge in [-0.05, 0) is 6.92 Å². The molecule has 76 valence electrons. The number of carbonyl (C=O) groups is 2. The number of Topliss-reactive ketones (excluding diaryl/α,β-unsaturated/α-hetero) is 1. The Bertz CT molecular complexity index is 200. The minimum atomic E-state index is -4.40. The van der Waals surface area contributed by atoms with Gasteiger partial charge in [-0.1, -0.05) is 0 Å². The lowest BCUT2D eigenvalue weighted by Gasteiger charge is -2.07. The van der Waals surface area contributed by atoms with Crippen molar-refractivity contribution in [2.24, 2.45) is 0 Å². The fourth-order valence-corrected chi connectivity index (χ4v) is 0.577. The maximum absolute atomic E-state index is 11.5. The van der Waals surface area contributed by atoms with Crippen molar-refractivity contribution >= 4 is 11.7 Å². The first-order chi connectivity index (χ1) is 5.81. The third-order valence-electron chi connectivity index (χ3n) is 1.19. The van der Waals surface area contributed by atoms with Crippen molar-refractivity contribution in [3.8, 4) is 0 Å². The Labute approximate surface area is 73.3 Å². The molecule has 1 N–H and O–H groups in total. The number of nitrogens with one attached hydrogen (secondary N) is 1. The van der Waals surface area contributed by atoms with Gasteiger partial charge in [0.25, 0.3) is 0 Å². The predicted molar refractivity (Wildman–Crippen MR) is 39.0 cm³/mol. The molecule has 0 saturated carbocycles. The van der Waals surface area contributed by atoms with Gasteiger partial charge in [0.2, 0.25) is 5.91 Å². The van der Waals surface area contributed by atoms with Gasteiger partial charge in [-0.2, -0.15) is 13.2 Å². The summed E-state index contributed by atoms with van der Waals surface area (Å²) in [5, 5.41) is 1.66. The maximum Gasteiger partial charge on any atom is 0.405 e. The first kappa shape index (κ1) is 11.9. The Kier molecular flexibility index (Phi) is 4.44. The molecule has 0 aromatic carbocycles. The lowest BCUT2D eigenvalue weighted by atomic mass is 10.2. The molecule has 13 heavy (non-hydrogen) atoms. The summed E-state index contributed by atoms with van der Waals surface area (Å²) in [6.45, 7) is -0.0687. The molecule has 0 fully saturated rings. The number of hydrogen-bond donors (Lipinski definition) is 1. The molecule has 0 rings (SSSR count). The quantitative estimate of drug-likeness (QED) is 0.731. The Morgan fingerprint density at radius 3 is 2.15 bits per heavy atom. The van der Waals surface area contributed by atoms with E-state index in [2.05, 4.69) is 0 Å². The van der Waals surface area contributed by atoms with E-state index in [0.717, 1.165) is 0 Å². The van der Waals surface area contributed by atoms with E-state index >= 15 is 0 Å². The first-order valence-corrected chi connectivity index (χ1v) is 3.64. The van der Waals surface area contributed by atoms with Crippen LogP contribution in [0.2, 0.25) is 0 Å². The number of ketones is 1. The van der Waals surface area contributed by atoms with Crippen LogP contribution in [0, 0.1) is 0 Å². The molecule has 6 heteroatoms. The van der Waals surface area contributed by atoms with E-state index in [9.17, 15) is 22.8 Å². The molecule has 0 aliphatic carbocycles. The second-order valence-corrected chi connectivity index (χ2v) is 2.59. The number of halogens is 3. The summed E-state index contributed by atoms with van der Waals surface area (Å²) in [5.74, 6) is -0.977. The zero-order chi connectivity index (χ0) is 10.5. The molecule has 0 aromatic rings. The van der Waals surface area contributed by atoms with E-state index in [1.807, 2.05) is 0 Å². The van der Waals surface area contributed by atoms with Crippen LogP contribution in [0.5, 0.6) is 0 Å². The summed E-state index contributed by atoms with van der Waals surface area (Å²) < 4.78 is 34.6. The van der Waals surface area contributed by atoms with Gasteiger partial charge in [0, 0.05) is 12.8 Å². The minimum Gasteiger partial charge on any atom is -0.347 e. The molecule has 0 saturated heterocycles. The number of hydrogen-bond acceptors (Lipinski definition) is 2. The molecule has 0 atom stereocenters. The summed E-state index contributed by atoms with van der Waals surface area (Å²) in [7, 11) is 0. The fraction of sp³-hybridized carbons (Fsp3) is 0.714. The lowest BCUT2D eigenvalue weighted by molar-refractivity contribution is -0.138. The highest BCUT2D eigenvalue weighted by Gasteiger charge is 2.27. The van der Waals surface area contributed by atoms with E-state index in [4.69, 9.17) is 0 Å². The van der Waals surface area contributed by atoms with Crippen molar-refractivity contribution in [1.29, 1.82) is 0 Å². The SMILES string of the molecule is CC(=O)CCC(=O)NCC(F)(F)F. The van der Waals surface area contributed by atoms with Crippen LogP contribution >= 0.6 is 0 Å². The van der Waals surface area contributed by atoms with Crippen molar-refractivity contribution in [3.63, 3.8) is 0 Å². The summed E-state index contributed by atoms with van der Waals surface area (Å²) >= 11 is 0. The minimum absolute atomic E-state index is 0.0241. The van der Waals surface area contributed by atoms with Crippen molar-refractivity contribution in [2.75, 3.05) is 6.54 Å². The molecule has 0 bridgehead atoms. The van der Waals surface area contributed by atoms with Gasteiger partial charge in [-0.25, -0.2) is 0 Å². The van der Waals surface area contributed by atoms with Gasteiger partial charge < -0.3 is 10.1 Å². The third kappa shape index (κ3) is 8.84. The van der Waals surface area contributed by atoms with Crippen LogP contribution in [0.15, 0.2) is 0 Å². The summed E-state index contributed by atoms with van der Waals surface area (Å²) in [6.07, 6.45) is -4.61. The topological polar surface area (TPSA) is 46.2 Å². The molecule has 0 spiro atoms. The lowest BCUT2D eigenvalue weighted by Crippen LogP contribution is -2.33. The van der Waals surface area contributed by atoms with E-state index in [1.165, 1.54) is 6.92 Å². The number of alkyl halides is 3. The Morgan fingerprint density at radius 1 is 1.23 bits per heavy atom. The van der Waals surface area contributed by atoms with Crippen LogP contribution in [0.4, 0.5) is 13.2 Å². The molecule has 0 radical (unpaired) electrons. The van der Waals surface area contributed by atoms with E-state index in [-0.39, 0.29) is 18.6 Å². The molecule has 1 amide bonds. The van der Waals surface area contributed by atoms with Crippen LogP contribution in [0.3, 0.4) is 0 Å². The van der Waals surface area contributed by atoms with E-state index < -0.39 is 18.6 Å². The van der Waals surface area contributed by atoms with Gasteiger partial charge in [-0.3, -0.25) is 4.79 Å². The van der Waals surface area contributed by atoms with Gasteiger partial charge in [0.15, 0.2) is 0 Å². The first-order valence-electron chi connectivity index (χ1n) is 3.64. The molecule has 0 heterocycles. The van der Waals surface area contributed by atoms with E-state index in [1.54, 1.807) is 5.32 Å². The maximum atomic E-state index is 11.5. The van der Waals surface area contributed by atoms with Crippen LogP contribution in [-0.2, 0) is 9.59 Å². The molecule has 0 aliphatic rings. The second-order valence-electron chi connectivity index (χ2n) is 2.59. The average molecular weight is 197 g/mol. The molecule has 0 aliphatic heterocycles. The third-order valence-corrected chi connectivity index (χ3v) is 1.19. The smallest absolute Gasteiger partial charge is 0.347 e. The summed E-state index contributed by atoms with van der Waals surface area (Å²) in [5.41, 5.74) is 0. The second kappa shape index (κ2) is 4.84. The van der Waals surface area contributed by atoms with Gasteiger partial charge >= 0.3 is 6.18 Å².